The standard InChI is InChI=1S/C10H12ClN5O2/c1-17-5-10-14-7(11)4-9(15-10)12-3-2-8-13-6-18-16-8/h4,6H,2-3,5H2,1H3,(H,12,14,15). The van der Waals surface area contributed by atoms with E-state index in [9.17, 15) is 0 Å². The summed E-state index contributed by atoms with van der Waals surface area (Å²) in [7, 11) is 1.58. The zero-order valence-corrected chi connectivity index (χ0v) is 10.5. The lowest BCUT2D eigenvalue weighted by Gasteiger charge is -2.06. The molecule has 0 saturated carbocycles. The molecular formula is C10H12ClN5O2. The van der Waals surface area contributed by atoms with Crippen LogP contribution in [0, 0.1) is 0 Å². The van der Waals surface area contributed by atoms with Gasteiger partial charge in [0, 0.05) is 26.1 Å². The largest absolute Gasteiger partial charge is 0.377 e. The number of hydrogen-bond acceptors (Lipinski definition) is 7. The number of anilines is 1. The molecule has 0 fully saturated rings. The van der Waals surface area contributed by atoms with Crippen LogP contribution < -0.4 is 5.32 Å². The van der Waals surface area contributed by atoms with Crippen LogP contribution in [0.2, 0.25) is 5.15 Å². The second kappa shape index (κ2) is 6.27. The number of rotatable bonds is 6. The Bertz CT molecular complexity index is 491. The lowest BCUT2D eigenvalue weighted by Crippen LogP contribution is -2.09. The van der Waals surface area contributed by atoms with Crippen LogP contribution in [0.1, 0.15) is 11.6 Å². The van der Waals surface area contributed by atoms with Crippen LogP contribution in [0.5, 0.6) is 0 Å². The van der Waals surface area contributed by atoms with Gasteiger partial charge in [0.05, 0.1) is 0 Å². The molecule has 0 aliphatic rings. The third-order valence-electron chi connectivity index (χ3n) is 2.08. The lowest BCUT2D eigenvalue weighted by molar-refractivity contribution is 0.178. The first-order valence-corrected chi connectivity index (χ1v) is 5.67. The van der Waals surface area contributed by atoms with Crippen molar-refractivity contribution in [2.75, 3.05) is 19.0 Å². The Labute approximate surface area is 109 Å². The van der Waals surface area contributed by atoms with Gasteiger partial charge in [0.1, 0.15) is 17.6 Å². The molecular weight excluding hydrogens is 258 g/mol. The first kappa shape index (κ1) is 12.7. The van der Waals surface area contributed by atoms with Crippen molar-refractivity contribution in [2.45, 2.75) is 13.0 Å². The summed E-state index contributed by atoms with van der Waals surface area (Å²) in [6.45, 7) is 0.944. The summed E-state index contributed by atoms with van der Waals surface area (Å²) >= 11 is 5.88. The summed E-state index contributed by atoms with van der Waals surface area (Å²) in [5.41, 5.74) is 0. The van der Waals surface area contributed by atoms with Gasteiger partial charge in [0.25, 0.3) is 0 Å². The Hall–Kier alpha value is -1.73. The van der Waals surface area contributed by atoms with E-state index in [1.54, 1.807) is 13.2 Å². The lowest BCUT2D eigenvalue weighted by atomic mass is 10.4. The van der Waals surface area contributed by atoms with Crippen molar-refractivity contribution in [2.24, 2.45) is 0 Å². The second-order valence-corrected chi connectivity index (χ2v) is 3.84. The van der Waals surface area contributed by atoms with Gasteiger partial charge in [0.2, 0.25) is 6.39 Å². The molecule has 0 saturated heterocycles. The Balaban J connectivity index is 1.92. The summed E-state index contributed by atoms with van der Waals surface area (Å²) in [6.07, 6.45) is 1.94. The van der Waals surface area contributed by atoms with Gasteiger partial charge in [-0.25, -0.2) is 9.97 Å². The molecule has 0 unspecified atom stereocenters. The maximum absolute atomic E-state index is 5.88. The predicted molar refractivity (Wildman–Crippen MR) is 64.2 cm³/mol. The first-order chi connectivity index (χ1) is 8.78. The topological polar surface area (TPSA) is 86.0 Å². The van der Waals surface area contributed by atoms with Gasteiger partial charge in [-0.15, -0.1) is 0 Å². The SMILES string of the molecule is COCc1nc(Cl)cc(NCCc2ncon2)n1. The average Bonchev–Trinajstić information content (AvgIpc) is 2.82. The van der Waals surface area contributed by atoms with Gasteiger partial charge in [0.15, 0.2) is 11.6 Å². The Morgan fingerprint density at radius 3 is 3.00 bits per heavy atom. The summed E-state index contributed by atoms with van der Waals surface area (Å²) in [5.74, 6) is 1.82. The van der Waals surface area contributed by atoms with E-state index in [4.69, 9.17) is 16.3 Å². The summed E-state index contributed by atoms with van der Waals surface area (Å²) < 4.78 is 9.59. The molecule has 0 aromatic carbocycles. The van der Waals surface area contributed by atoms with E-state index in [0.717, 1.165) is 0 Å². The van der Waals surface area contributed by atoms with Crippen molar-refractivity contribution in [1.29, 1.82) is 0 Å². The number of hydrogen-bond donors (Lipinski definition) is 1. The Morgan fingerprint density at radius 2 is 2.28 bits per heavy atom. The molecule has 2 aromatic heterocycles. The average molecular weight is 270 g/mol. The smallest absolute Gasteiger partial charge is 0.213 e. The molecule has 0 aliphatic heterocycles. The minimum Gasteiger partial charge on any atom is -0.377 e. The molecule has 96 valence electrons. The van der Waals surface area contributed by atoms with E-state index in [1.165, 1.54) is 6.39 Å². The van der Waals surface area contributed by atoms with Crippen molar-refractivity contribution < 1.29 is 9.26 Å². The van der Waals surface area contributed by atoms with Crippen molar-refractivity contribution >= 4 is 17.4 Å². The fourth-order valence-corrected chi connectivity index (χ4v) is 1.55. The molecule has 0 radical (unpaired) electrons. The zero-order valence-electron chi connectivity index (χ0n) is 9.76. The molecule has 2 heterocycles. The predicted octanol–water partition coefficient (Wildman–Crippen LogP) is 1.31. The van der Waals surface area contributed by atoms with Crippen LogP contribution >= 0.6 is 11.6 Å². The maximum Gasteiger partial charge on any atom is 0.213 e. The highest BCUT2D eigenvalue weighted by Gasteiger charge is 2.04. The molecule has 0 spiro atoms. The molecule has 0 amide bonds. The summed E-state index contributed by atoms with van der Waals surface area (Å²) in [4.78, 5) is 12.2. The Morgan fingerprint density at radius 1 is 1.39 bits per heavy atom. The molecule has 0 aliphatic carbocycles. The summed E-state index contributed by atoms with van der Waals surface area (Å²) in [5, 5.41) is 7.19. The van der Waals surface area contributed by atoms with E-state index in [0.29, 0.717) is 42.2 Å². The van der Waals surface area contributed by atoms with Gasteiger partial charge < -0.3 is 14.6 Å². The highest BCUT2D eigenvalue weighted by atomic mass is 35.5. The third-order valence-corrected chi connectivity index (χ3v) is 2.27. The number of halogens is 1. The molecule has 8 heteroatoms. The molecule has 0 atom stereocenters. The number of aromatic nitrogens is 4. The fraction of sp³-hybridized carbons (Fsp3) is 0.400. The van der Waals surface area contributed by atoms with Crippen molar-refractivity contribution in [1.82, 2.24) is 20.1 Å². The van der Waals surface area contributed by atoms with Crippen LogP contribution in [0.15, 0.2) is 17.0 Å². The maximum atomic E-state index is 5.88. The number of nitrogens with one attached hydrogen (secondary N) is 1. The minimum atomic E-state index is 0.320. The number of ether oxygens (including phenoxy) is 1. The Kier molecular flexibility index (Phi) is 4.43. The van der Waals surface area contributed by atoms with E-state index in [1.807, 2.05) is 0 Å². The number of nitrogens with zero attached hydrogens (tertiary/aromatic N) is 4. The van der Waals surface area contributed by atoms with Crippen LogP contribution in [0.3, 0.4) is 0 Å². The molecule has 0 bridgehead atoms. The molecule has 7 nitrogen and oxygen atoms in total. The normalized spacial score (nSPS) is 10.6. The van der Waals surface area contributed by atoms with Crippen LogP contribution in [0.25, 0.3) is 0 Å². The van der Waals surface area contributed by atoms with Gasteiger partial charge in [-0.05, 0) is 0 Å². The molecule has 2 rings (SSSR count). The highest BCUT2D eigenvalue weighted by Crippen LogP contribution is 2.12. The van der Waals surface area contributed by atoms with Gasteiger partial charge in [-0.2, -0.15) is 4.98 Å². The van der Waals surface area contributed by atoms with E-state index in [-0.39, 0.29) is 0 Å². The number of methoxy groups -OCH3 is 1. The quantitative estimate of drug-likeness (QED) is 0.791. The monoisotopic (exact) mass is 269 g/mol. The van der Waals surface area contributed by atoms with Crippen molar-refractivity contribution in [3.63, 3.8) is 0 Å². The van der Waals surface area contributed by atoms with Crippen LogP contribution in [-0.2, 0) is 17.8 Å². The first-order valence-electron chi connectivity index (χ1n) is 5.29. The molecule has 18 heavy (non-hydrogen) atoms. The fourth-order valence-electron chi connectivity index (χ4n) is 1.35. The van der Waals surface area contributed by atoms with Crippen molar-refractivity contribution in [3.05, 3.63) is 29.3 Å². The van der Waals surface area contributed by atoms with Gasteiger partial charge >= 0.3 is 0 Å². The van der Waals surface area contributed by atoms with Gasteiger partial charge in [-0.3, -0.25) is 0 Å². The zero-order chi connectivity index (χ0) is 12.8. The highest BCUT2D eigenvalue weighted by molar-refractivity contribution is 6.29. The third kappa shape index (κ3) is 3.64. The minimum absolute atomic E-state index is 0.320. The van der Waals surface area contributed by atoms with Gasteiger partial charge in [-0.1, -0.05) is 16.8 Å². The summed E-state index contributed by atoms with van der Waals surface area (Å²) in [6, 6.07) is 1.65. The molecule has 2 aromatic rings. The van der Waals surface area contributed by atoms with Crippen LogP contribution in [-0.4, -0.2) is 33.8 Å². The van der Waals surface area contributed by atoms with Crippen molar-refractivity contribution in [3.8, 4) is 0 Å². The van der Waals surface area contributed by atoms with E-state index in [2.05, 4.69) is 29.9 Å². The van der Waals surface area contributed by atoms with E-state index < -0.39 is 0 Å². The molecule has 1 N–H and O–H groups in total. The second-order valence-electron chi connectivity index (χ2n) is 3.45. The van der Waals surface area contributed by atoms with E-state index >= 15 is 0 Å². The van der Waals surface area contributed by atoms with Crippen LogP contribution in [0.4, 0.5) is 5.82 Å².